The highest BCUT2D eigenvalue weighted by molar-refractivity contribution is 8.00. The van der Waals surface area contributed by atoms with E-state index in [9.17, 15) is 23.1 Å². The van der Waals surface area contributed by atoms with Gasteiger partial charge in [0.1, 0.15) is 0 Å². The topological polar surface area (TPSA) is 49.3 Å². The fourth-order valence-electron chi connectivity index (χ4n) is 4.28. The molecule has 2 aliphatic carbocycles. The van der Waals surface area contributed by atoms with Gasteiger partial charge in [-0.1, -0.05) is 11.6 Å². The van der Waals surface area contributed by atoms with Crippen LogP contribution in [0.25, 0.3) is 0 Å². The number of rotatable bonds is 4. The van der Waals surface area contributed by atoms with E-state index >= 15 is 0 Å². The molecule has 2 aromatic rings. The number of halogens is 4. The second kappa shape index (κ2) is 8.20. The van der Waals surface area contributed by atoms with Gasteiger partial charge in [0.15, 0.2) is 17.5 Å². The zero-order valence-electron chi connectivity index (χ0n) is 15.3. The lowest BCUT2D eigenvalue weighted by Crippen LogP contribution is -2.31. The summed E-state index contributed by atoms with van der Waals surface area (Å²) in [5.41, 5.74) is 0.106. The number of amides is 1. The molecule has 0 saturated heterocycles. The van der Waals surface area contributed by atoms with E-state index in [0.717, 1.165) is 42.7 Å². The maximum Gasteiger partial charge on any atom is 0.255 e. The molecule has 2 bridgehead atoms. The van der Waals surface area contributed by atoms with Crippen molar-refractivity contribution in [1.29, 1.82) is 0 Å². The number of carbonyl (C=O) groups excluding carboxylic acids is 1. The summed E-state index contributed by atoms with van der Waals surface area (Å²) in [6.07, 6.45) is 3.69. The second-order valence-electron chi connectivity index (χ2n) is 7.65. The predicted octanol–water partition coefficient (Wildman–Crippen LogP) is 5.65. The molecule has 4 rings (SSSR count). The third kappa shape index (κ3) is 4.27. The monoisotopic (exact) mass is 441 g/mol. The average Bonchev–Trinajstić information content (AvgIpc) is 2.89. The number of thioether (sulfide) groups is 1. The van der Waals surface area contributed by atoms with Crippen LogP contribution in [0, 0.1) is 29.3 Å². The number of benzene rings is 2. The van der Waals surface area contributed by atoms with Crippen molar-refractivity contribution in [2.45, 2.75) is 41.9 Å². The van der Waals surface area contributed by atoms with Crippen LogP contribution in [-0.4, -0.2) is 22.4 Å². The first-order valence-corrected chi connectivity index (χ1v) is 10.7. The van der Waals surface area contributed by atoms with Crippen LogP contribution in [0.3, 0.4) is 0 Å². The average molecular weight is 442 g/mol. The van der Waals surface area contributed by atoms with Gasteiger partial charge in [0.25, 0.3) is 5.91 Å². The summed E-state index contributed by atoms with van der Waals surface area (Å²) in [7, 11) is 0. The van der Waals surface area contributed by atoms with Crippen molar-refractivity contribution >= 4 is 35.0 Å². The summed E-state index contributed by atoms with van der Waals surface area (Å²) in [5.74, 6) is -4.27. The Morgan fingerprint density at radius 1 is 1.07 bits per heavy atom. The molecule has 0 radical (unpaired) electrons. The van der Waals surface area contributed by atoms with E-state index in [2.05, 4.69) is 5.32 Å². The first-order valence-electron chi connectivity index (χ1n) is 9.42. The number of hydrogen-bond donors (Lipinski definition) is 2. The van der Waals surface area contributed by atoms with Crippen molar-refractivity contribution in [3.8, 4) is 0 Å². The molecule has 2 saturated carbocycles. The van der Waals surface area contributed by atoms with Gasteiger partial charge < -0.3 is 10.4 Å². The Bertz CT molecular complexity index is 921. The number of aliphatic hydroxyl groups is 1. The van der Waals surface area contributed by atoms with Gasteiger partial charge in [0.2, 0.25) is 0 Å². The maximum absolute atomic E-state index is 13.4. The van der Waals surface area contributed by atoms with E-state index in [0.29, 0.717) is 22.1 Å². The van der Waals surface area contributed by atoms with Gasteiger partial charge in [-0.25, -0.2) is 13.2 Å². The largest absolute Gasteiger partial charge is 0.393 e. The van der Waals surface area contributed by atoms with E-state index in [1.54, 1.807) is 23.9 Å². The summed E-state index contributed by atoms with van der Waals surface area (Å²) in [4.78, 5) is 13.2. The van der Waals surface area contributed by atoms with Crippen LogP contribution in [0.4, 0.5) is 18.9 Å². The van der Waals surface area contributed by atoms with Crippen LogP contribution < -0.4 is 5.32 Å². The standard InChI is InChI=1S/C21H19ClF3NO2S/c22-15-4-3-12(21(28)26-13-8-16(23)19(25)17(24)9-13)7-18(15)29-14-5-10-1-2-11(6-14)20(10)27/h3-4,7-11,14,20,27H,1-2,5-6H2,(H,26,28). The number of aliphatic hydroxyl groups excluding tert-OH is 1. The Kier molecular flexibility index (Phi) is 5.82. The number of fused-ring (bicyclic) bond motifs is 2. The number of anilines is 1. The highest BCUT2D eigenvalue weighted by atomic mass is 35.5. The van der Waals surface area contributed by atoms with Crippen LogP contribution in [0.5, 0.6) is 0 Å². The summed E-state index contributed by atoms with van der Waals surface area (Å²) < 4.78 is 39.8. The SMILES string of the molecule is O=C(Nc1cc(F)c(F)c(F)c1)c1ccc(Cl)c(SC2CC3CCC(C2)C3O)c1. The third-order valence-corrected chi connectivity index (χ3v) is 7.49. The van der Waals surface area contributed by atoms with Crippen LogP contribution in [0.2, 0.25) is 5.02 Å². The molecule has 2 fully saturated rings. The van der Waals surface area contributed by atoms with Crippen LogP contribution in [0.1, 0.15) is 36.0 Å². The van der Waals surface area contributed by atoms with Crippen LogP contribution in [-0.2, 0) is 0 Å². The molecule has 2 aliphatic rings. The molecular weight excluding hydrogens is 423 g/mol. The lowest BCUT2D eigenvalue weighted by atomic mass is 9.86. The minimum atomic E-state index is -1.58. The molecular formula is C21H19ClF3NO2S. The van der Waals surface area contributed by atoms with Crippen molar-refractivity contribution in [3.05, 3.63) is 58.4 Å². The molecule has 3 nitrogen and oxygen atoms in total. The highest BCUT2D eigenvalue weighted by Gasteiger charge is 2.42. The fraction of sp³-hybridized carbons (Fsp3) is 0.381. The molecule has 2 unspecified atom stereocenters. The summed E-state index contributed by atoms with van der Waals surface area (Å²) in [6.45, 7) is 0. The van der Waals surface area contributed by atoms with Crippen molar-refractivity contribution in [3.63, 3.8) is 0 Å². The molecule has 2 atom stereocenters. The first-order chi connectivity index (χ1) is 13.8. The molecule has 0 heterocycles. The molecule has 8 heteroatoms. The van der Waals surface area contributed by atoms with Gasteiger partial charge in [-0.15, -0.1) is 11.8 Å². The minimum Gasteiger partial charge on any atom is -0.393 e. The molecule has 0 aromatic heterocycles. The van der Waals surface area contributed by atoms with Crippen molar-refractivity contribution < 1.29 is 23.1 Å². The third-order valence-electron chi connectivity index (χ3n) is 5.73. The van der Waals surface area contributed by atoms with E-state index in [1.165, 1.54) is 6.07 Å². The molecule has 0 spiro atoms. The normalized spacial score (nSPS) is 25.8. The lowest BCUT2D eigenvalue weighted by Gasteiger charge is -2.32. The highest BCUT2D eigenvalue weighted by Crippen LogP contribution is 2.48. The van der Waals surface area contributed by atoms with E-state index in [1.807, 2.05) is 0 Å². The predicted molar refractivity (Wildman–Crippen MR) is 107 cm³/mol. The van der Waals surface area contributed by atoms with Crippen LogP contribution in [0.15, 0.2) is 35.2 Å². The van der Waals surface area contributed by atoms with Crippen molar-refractivity contribution in [2.75, 3.05) is 5.32 Å². The van der Waals surface area contributed by atoms with Gasteiger partial charge in [0, 0.05) is 33.5 Å². The van der Waals surface area contributed by atoms with E-state index < -0.39 is 23.4 Å². The van der Waals surface area contributed by atoms with Gasteiger partial charge >= 0.3 is 0 Å². The smallest absolute Gasteiger partial charge is 0.255 e. The Labute approximate surface area is 175 Å². The van der Waals surface area contributed by atoms with Crippen LogP contribution >= 0.6 is 23.4 Å². The Balaban J connectivity index is 1.48. The number of carbonyl (C=O) groups is 1. The molecule has 29 heavy (non-hydrogen) atoms. The summed E-state index contributed by atoms with van der Waals surface area (Å²) in [5, 5.41) is 13.4. The second-order valence-corrected chi connectivity index (χ2v) is 9.40. The van der Waals surface area contributed by atoms with Gasteiger partial charge in [-0.2, -0.15) is 0 Å². The van der Waals surface area contributed by atoms with Crippen molar-refractivity contribution in [2.24, 2.45) is 11.8 Å². The van der Waals surface area contributed by atoms with Gasteiger partial charge in [-0.05, 0) is 55.7 Å². The maximum atomic E-state index is 13.4. The van der Waals surface area contributed by atoms with E-state index in [4.69, 9.17) is 11.6 Å². The Morgan fingerprint density at radius 3 is 2.31 bits per heavy atom. The molecule has 1 amide bonds. The molecule has 2 N–H and O–H groups in total. The van der Waals surface area contributed by atoms with E-state index in [-0.39, 0.29) is 17.4 Å². The first kappa shape index (κ1) is 20.6. The number of hydrogen-bond acceptors (Lipinski definition) is 3. The molecule has 0 aliphatic heterocycles. The minimum absolute atomic E-state index is 0.173. The van der Waals surface area contributed by atoms with Gasteiger partial charge in [0.05, 0.1) is 11.1 Å². The molecule has 154 valence electrons. The summed E-state index contributed by atoms with van der Waals surface area (Å²) in [6, 6.07) is 6.23. The zero-order valence-corrected chi connectivity index (χ0v) is 16.9. The van der Waals surface area contributed by atoms with Gasteiger partial charge in [-0.3, -0.25) is 4.79 Å². The number of nitrogens with one attached hydrogen (secondary N) is 1. The zero-order chi connectivity index (χ0) is 20.7. The Hall–Kier alpha value is -1.70. The summed E-state index contributed by atoms with van der Waals surface area (Å²) >= 11 is 7.91. The lowest BCUT2D eigenvalue weighted by molar-refractivity contribution is 0.0628. The quantitative estimate of drug-likeness (QED) is 0.603. The fourth-order valence-corrected chi connectivity index (χ4v) is 5.96. The molecule has 2 aromatic carbocycles. The Morgan fingerprint density at radius 2 is 1.69 bits per heavy atom. The van der Waals surface area contributed by atoms with Crippen molar-refractivity contribution in [1.82, 2.24) is 0 Å².